The number of hydrogen-bond donors (Lipinski definition) is 2. The molecular formula is C3H11N3O. The van der Waals surface area contributed by atoms with Crippen LogP contribution in [0, 0.1) is 5.41 Å². The first-order valence-corrected chi connectivity index (χ1v) is 1.66. The highest BCUT2D eigenvalue weighted by atomic mass is 16.0. The van der Waals surface area contributed by atoms with Crippen LogP contribution in [-0.2, 0) is 0 Å². The van der Waals surface area contributed by atoms with Crippen LogP contribution in [0.4, 0.5) is 0 Å². The molecule has 0 aromatic rings. The van der Waals surface area contributed by atoms with Gasteiger partial charge in [-0.2, -0.15) is 0 Å². The highest BCUT2D eigenvalue weighted by Crippen LogP contribution is 1.62. The summed E-state index contributed by atoms with van der Waals surface area (Å²) in [5, 5.41) is 6.65. The first-order valence-electron chi connectivity index (χ1n) is 1.66. The molecule has 0 unspecified atom stereocenters. The molecule has 4 nitrogen and oxygen atoms in total. The van der Waals surface area contributed by atoms with Gasteiger partial charge in [0.2, 0.25) is 0 Å². The van der Waals surface area contributed by atoms with Gasteiger partial charge < -0.3 is 16.1 Å². The van der Waals surface area contributed by atoms with Gasteiger partial charge in [-0.15, -0.1) is 0 Å². The summed E-state index contributed by atoms with van der Waals surface area (Å²) in [7, 11) is 3.45. The second-order valence-electron chi connectivity index (χ2n) is 1.28. The molecule has 4 heteroatoms. The fourth-order valence-electron chi connectivity index (χ4n) is 0. The molecule has 0 radical (unpaired) electrons. The fraction of sp³-hybridized carbons (Fsp3) is 0.667. The van der Waals surface area contributed by atoms with Crippen LogP contribution in [0.15, 0.2) is 0 Å². The lowest BCUT2D eigenvalue weighted by Gasteiger charge is -2.05. The van der Waals surface area contributed by atoms with Crippen LogP contribution < -0.4 is 5.73 Å². The predicted molar refractivity (Wildman–Crippen MR) is 29.2 cm³/mol. The van der Waals surface area contributed by atoms with Crippen molar-refractivity contribution in [2.75, 3.05) is 14.1 Å². The molecule has 0 saturated carbocycles. The Morgan fingerprint density at radius 3 is 1.71 bits per heavy atom. The highest BCUT2D eigenvalue weighted by Gasteiger charge is 1.82. The summed E-state index contributed by atoms with van der Waals surface area (Å²) in [5.74, 6) is 0.0926. The van der Waals surface area contributed by atoms with E-state index in [1.807, 2.05) is 0 Å². The standard InChI is InChI=1S/C3H9N3.H2O/c1-6(2)3(4)5;/h1-2H3,(H3,4,5);1H2. The van der Waals surface area contributed by atoms with E-state index < -0.39 is 0 Å². The molecule has 0 heterocycles. The normalized spacial score (nSPS) is 6.57. The van der Waals surface area contributed by atoms with Crippen LogP contribution in [0.25, 0.3) is 0 Å². The molecule has 0 fully saturated rings. The number of hydrogen-bond acceptors (Lipinski definition) is 1. The van der Waals surface area contributed by atoms with Crippen molar-refractivity contribution in [3.63, 3.8) is 0 Å². The number of nitrogens with two attached hydrogens (primary N) is 1. The summed E-state index contributed by atoms with van der Waals surface area (Å²) < 4.78 is 0. The molecule has 0 bridgehead atoms. The lowest BCUT2D eigenvalue weighted by molar-refractivity contribution is 0.609. The Bertz CT molecular complexity index is 61.2. The Kier molecular flexibility index (Phi) is 4.65. The zero-order valence-electron chi connectivity index (χ0n) is 4.52. The Labute approximate surface area is 42.7 Å². The van der Waals surface area contributed by atoms with Crippen molar-refractivity contribution in [1.29, 1.82) is 5.41 Å². The number of rotatable bonds is 0. The zero-order chi connectivity index (χ0) is 5.15. The molecule has 0 aliphatic rings. The molecule has 0 saturated heterocycles. The lowest BCUT2D eigenvalue weighted by Crippen LogP contribution is -2.28. The second kappa shape index (κ2) is 3.42. The van der Waals surface area contributed by atoms with Gasteiger partial charge in [-0.05, 0) is 0 Å². The molecular weight excluding hydrogens is 94.1 g/mol. The predicted octanol–water partition coefficient (Wildman–Crippen LogP) is -1.38. The van der Waals surface area contributed by atoms with Crippen LogP contribution in [0.3, 0.4) is 0 Å². The van der Waals surface area contributed by atoms with E-state index in [1.165, 1.54) is 4.90 Å². The van der Waals surface area contributed by atoms with E-state index in [-0.39, 0.29) is 11.4 Å². The third kappa shape index (κ3) is 5.23. The molecule has 44 valence electrons. The van der Waals surface area contributed by atoms with Gasteiger partial charge in [0.25, 0.3) is 0 Å². The maximum Gasteiger partial charge on any atom is 0.187 e. The van der Waals surface area contributed by atoms with Gasteiger partial charge in [0.15, 0.2) is 5.96 Å². The van der Waals surface area contributed by atoms with Gasteiger partial charge in [-0.25, -0.2) is 0 Å². The van der Waals surface area contributed by atoms with Crippen LogP contribution >= 0.6 is 0 Å². The van der Waals surface area contributed by atoms with E-state index in [2.05, 4.69) is 0 Å². The average molecular weight is 105 g/mol. The largest absolute Gasteiger partial charge is 0.412 e. The molecule has 0 aromatic heterocycles. The van der Waals surface area contributed by atoms with Gasteiger partial charge in [0, 0.05) is 14.1 Å². The molecule has 0 spiro atoms. The minimum absolute atomic E-state index is 0. The van der Waals surface area contributed by atoms with Crippen LogP contribution in [0.1, 0.15) is 0 Å². The summed E-state index contributed by atoms with van der Waals surface area (Å²) in [6, 6.07) is 0. The van der Waals surface area contributed by atoms with Crippen molar-refractivity contribution in [2.24, 2.45) is 5.73 Å². The SMILES string of the molecule is CN(C)C(=N)N.O. The quantitative estimate of drug-likeness (QED) is 0.294. The highest BCUT2D eigenvalue weighted by molar-refractivity contribution is 5.73. The van der Waals surface area contributed by atoms with Crippen LogP contribution in [-0.4, -0.2) is 30.4 Å². The van der Waals surface area contributed by atoms with E-state index in [0.717, 1.165) is 0 Å². The molecule has 0 amide bonds. The average Bonchev–Trinajstić information content (AvgIpc) is 1.36. The lowest BCUT2D eigenvalue weighted by atomic mass is 10.8. The molecule has 7 heavy (non-hydrogen) atoms. The van der Waals surface area contributed by atoms with E-state index in [4.69, 9.17) is 11.1 Å². The fourth-order valence-corrected chi connectivity index (χ4v) is 0. The van der Waals surface area contributed by atoms with Gasteiger partial charge >= 0.3 is 0 Å². The zero-order valence-corrected chi connectivity index (χ0v) is 4.52. The Balaban J connectivity index is 0. The van der Waals surface area contributed by atoms with E-state index >= 15 is 0 Å². The van der Waals surface area contributed by atoms with Crippen LogP contribution in [0.5, 0.6) is 0 Å². The maximum atomic E-state index is 6.65. The number of nitrogens with one attached hydrogen (secondary N) is 1. The summed E-state index contributed by atoms with van der Waals surface area (Å²) >= 11 is 0. The van der Waals surface area contributed by atoms with Crippen molar-refractivity contribution < 1.29 is 5.48 Å². The van der Waals surface area contributed by atoms with Crippen molar-refractivity contribution in [2.45, 2.75) is 0 Å². The monoisotopic (exact) mass is 105 g/mol. The number of guanidine groups is 1. The van der Waals surface area contributed by atoms with Crippen molar-refractivity contribution >= 4 is 5.96 Å². The minimum atomic E-state index is 0. The van der Waals surface area contributed by atoms with Crippen LogP contribution in [0.2, 0.25) is 0 Å². The molecule has 0 aromatic carbocycles. The van der Waals surface area contributed by atoms with E-state index in [9.17, 15) is 0 Å². The number of nitrogens with zero attached hydrogens (tertiary/aromatic N) is 1. The summed E-state index contributed by atoms with van der Waals surface area (Å²) in [4.78, 5) is 1.53. The Hall–Kier alpha value is -0.770. The topological polar surface area (TPSA) is 84.6 Å². The molecule has 0 aliphatic carbocycles. The van der Waals surface area contributed by atoms with Crippen molar-refractivity contribution in [3.05, 3.63) is 0 Å². The van der Waals surface area contributed by atoms with Gasteiger partial charge in [0.05, 0.1) is 0 Å². The maximum absolute atomic E-state index is 6.65. The molecule has 0 aliphatic heterocycles. The molecule has 5 N–H and O–H groups in total. The first kappa shape index (κ1) is 9.52. The summed E-state index contributed by atoms with van der Waals surface area (Å²) in [6.07, 6.45) is 0. The smallest absolute Gasteiger partial charge is 0.187 e. The van der Waals surface area contributed by atoms with Gasteiger partial charge in [0.1, 0.15) is 0 Å². The third-order valence-corrected chi connectivity index (χ3v) is 0.482. The molecule has 0 rings (SSSR count). The van der Waals surface area contributed by atoms with Gasteiger partial charge in [-0.3, -0.25) is 5.41 Å². The summed E-state index contributed by atoms with van der Waals surface area (Å²) in [6.45, 7) is 0. The van der Waals surface area contributed by atoms with Crippen molar-refractivity contribution in [3.8, 4) is 0 Å². The van der Waals surface area contributed by atoms with Crippen molar-refractivity contribution in [1.82, 2.24) is 4.90 Å². The Morgan fingerprint density at radius 1 is 1.57 bits per heavy atom. The second-order valence-corrected chi connectivity index (χ2v) is 1.28. The Morgan fingerprint density at radius 2 is 1.71 bits per heavy atom. The van der Waals surface area contributed by atoms with E-state index in [0.29, 0.717) is 0 Å². The van der Waals surface area contributed by atoms with Gasteiger partial charge in [-0.1, -0.05) is 0 Å². The third-order valence-electron chi connectivity index (χ3n) is 0.482. The summed E-state index contributed by atoms with van der Waals surface area (Å²) in [5.41, 5.74) is 4.94. The van der Waals surface area contributed by atoms with E-state index in [1.54, 1.807) is 14.1 Å². The first-order chi connectivity index (χ1) is 2.64. The molecule has 0 atom stereocenters. The minimum Gasteiger partial charge on any atom is -0.412 e.